The Morgan fingerprint density at radius 1 is 1.60 bits per heavy atom. The van der Waals surface area contributed by atoms with Crippen LogP contribution in [0.5, 0.6) is 0 Å². The normalized spacial score (nSPS) is 9.40. The minimum absolute atomic E-state index is 0.711. The molecule has 0 unspecified atom stereocenters. The van der Waals surface area contributed by atoms with Crippen molar-refractivity contribution >= 4 is 5.95 Å². The molecule has 0 spiro atoms. The molecule has 0 amide bonds. The van der Waals surface area contributed by atoms with Crippen LogP contribution in [0, 0.1) is 6.92 Å². The fraction of sp³-hybridized carbons (Fsp3) is 0.429. The summed E-state index contributed by atoms with van der Waals surface area (Å²) in [5, 5.41) is 3.03. The molecule has 1 N–H and O–H groups in total. The van der Waals surface area contributed by atoms with Gasteiger partial charge in [-0.25, -0.2) is 9.97 Å². The van der Waals surface area contributed by atoms with Crippen molar-refractivity contribution in [3.63, 3.8) is 0 Å². The summed E-state index contributed by atoms with van der Waals surface area (Å²) in [5.41, 5.74) is 0.992. The van der Waals surface area contributed by atoms with Gasteiger partial charge < -0.3 is 5.32 Å². The van der Waals surface area contributed by atoms with Crippen molar-refractivity contribution < 1.29 is 0 Å². The Kier molecular flexibility index (Phi) is 2.20. The lowest BCUT2D eigenvalue weighted by Gasteiger charge is -1.99. The zero-order valence-electron chi connectivity index (χ0n) is 6.26. The highest BCUT2D eigenvalue weighted by molar-refractivity contribution is 5.23. The third-order valence-corrected chi connectivity index (χ3v) is 1.13. The predicted molar refractivity (Wildman–Crippen MR) is 40.9 cm³/mol. The van der Waals surface area contributed by atoms with Crippen LogP contribution in [0.3, 0.4) is 0 Å². The largest absolute Gasteiger partial charge is 0.354 e. The van der Waals surface area contributed by atoms with Gasteiger partial charge in [-0.15, -0.1) is 0 Å². The Morgan fingerprint density at radius 2 is 2.40 bits per heavy atom. The van der Waals surface area contributed by atoms with E-state index in [4.69, 9.17) is 0 Å². The maximum atomic E-state index is 4.14. The Hall–Kier alpha value is -1.12. The van der Waals surface area contributed by atoms with Crippen molar-refractivity contribution in [2.24, 2.45) is 0 Å². The number of hydrogen-bond donors (Lipinski definition) is 1. The van der Waals surface area contributed by atoms with Gasteiger partial charge in [0, 0.05) is 18.4 Å². The van der Waals surface area contributed by atoms with Gasteiger partial charge in [-0.05, 0) is 19.9 Å². The molecule has 0 aliphatic carbocycles. The van der Waals surface area contributed by atoms with Crippen LogP contribution in [-0.2, 0) is 0 Å². The summed E-state index contributed by atoms with van der Waals surface area (Å²) in [5.74, 6) is 0.711. The lowest BCUT2D eigenvalue weighted by Crippen LogP contribution is -2.01. The lowest BCUT2D eigenvalue weighted by atomic mass is 10.5. The smallest absolute Gasteiger partial charge is 0.222 e. The van der Waals surface area contributed by atoms with E-state index >= 15 is 0 Å². The standard InChI is InChI=1S/C7H11N3/c1-3-8-7-9-5-4-6(2)10-7/h4-5H,3H2,1-2H3,(H,8,9,10). The molecule has 0 aliphatic rings. The Balaban J connectivity index is 2.75. The second kappa shape index (κ2) is 3.15. The number of aryl methyl sites for hydroxylation is 1. The third kappa shape index (κ3) is 1.69. The van der Waals surface area contributed by atoms with Gasteiger partial charge in [0.1, 0.15) is 0 Å². The molecule has 1 heterocycles. The van der Waals surface area contributed by atoms with Crippen LogP contribution in [0.25, 0.3) is 0 Å². The lowest BCUT2D eigenvalue weighted by molar-refractivity contribution is 1.05. The molecule has 0 aromatic carbocycles. The molecule has 0 aliphatic heterocycles. The highest BCUT2D eigenvalue weighted by atomic mass is 15.1. The maximum absolute atomic E-state index is 4.14. The highest BCUT2D eigenvalue weighted by Gasteiger charge is 1.90. The van der Waals surface area contributed by atoms with E-state index in [1.165, 1.54) is 0 Å². The molecule has 0 saturated heterocycles. The van der Waals surface area contributed by atoms with Crippen LogP contribution in [-0.4, -0.2) is 16.5 Å². The zero-order valence-corrected chi connectivity index (χ0v) is 6.26. The summed E-state index contributed by atoms with van der Waals surface area (Å²) in [6.07, 6.45) is 1.75. The molecule has 1 rings (SSSR count). The fourth-order valence-electron chi connectivity index (χ4n) is 0.692. The monoisotopic (exact) mass is 137 g/mol. The quantitative estimate of drug-likeness (QED) is 0.666. The van der Waals surface area contributed by atoms with Crippen LogP contribution in [0.15, 0.2) is 12.3 Å². The van der Waals surface area contributed by atoms with Gasteiger partial charge in [0.2, 0.25) is 5.95 Å². The molecule has 3 heteroatoms. The van der Waals surface area contributed by atoms with Gasteiger partial charge in [0.15, 0.2) is 0 Å². The van der Waals surface area contributed by atoms with E-state index in [1.54, 1.807) is 6.20 Å². The van der Waals surface area contributed by atoms with E-state index in [0.29, 0.717) is 5.95 Å². The van der Waals surface area contributed by atoms with E-state index in [2.05, 4.69) is 15.3 Å². The van der Waals surface area contributed by atoms with E-state index in [0.717, 1.165) is 12.2 Å². The minimum Gasteiger partial charge on any atom is -0.354 e. The van der Waals surface area contributed by atoms with Crippen molar-refractivity contribution in [2.45, 2.75) is 13.8 Å². The molecule has 0 radical (unpaired) electrons. The van der Waals surface area contributed by atoms with E-state index < -0.39 is 0 Å². The molecule has 54 valence electrons. The van der Waals surface area contributed by atoms with E-state index in [1.807, 2.05) is 19.9 Å². The molecule has 3 nitrogen and oxygen atoms in total. The number of nitrogens with zero attached hydrogens (tertiary/aromatic N) is 2. The van der Waals surface area contributed by atoms with Gasteiger partial charge in [-0.1, -0.05) is 0 Å². The average molecular weight is 137 g/mol. The molecular weight excluding hydrogens is 126 g/mol. The summed E-state index contributed by atoms with van der Waals surface area (Å²) < 4.78 is 0. The van der Waals surface area contributed by atoms with Gasteiger partial charge >= 0.3 is 0 Å². The first-order chi connectivity index (χ1) is 4.83. The first kappa shape index (κ1) is 6.99. The zero-order chi connectivity index (χ0) is 7.40. The average Bonchev–Trinajstić information content (AvgIpc) is 1.88. The number of nitrogens with one attached hydrogen (secondary N) is 1. The van der Waals surface area contributed by atoms with Crippen molar-refractivity contribution in [2.75, 3.05) is 11.9 Å². The summed E-state index contributed by atoms with van der Waals surface area (Å²) >= 11 is 0. The second-order valence-electron chi connectivity index (χ2n) is 2.05. The Bertz CT molecular complexity index is 210. The summed E-state index contributed by atoms with van der Waals surface area (Å²) in [7, 11) is 0. The number of anilines is 1. The van der Waals surface area contributed by atoms with E-state index in [-0.39, 0.29) is 0 Å². The fourth-order valence-corrected chi connectivity index (χ4v) is 0.692. The number of rotatable bonds is 2. The molecule has 0 fully saturated rings. The molecule has 0 saturated carbocycles. The summed E-state index contributed by atoms with van der Waals surface area (Å²) in [6.45, 7) is 4.83. The minimum atomic E-state index is 0.711. The van der Waals surface area contributed by atoms with Gasteiger partial charge in [-0.2, -0.15) is 0 Å². The second-order valence-corrected chi connectivity index (χ2v) is 2.05. The highest BCUT2D eigenvalue weighted by Crippen LogP contribution is 1.96. The van der Waals surface area contributed by atoms with Crippen molar-refractivity contribution in [3.8, 4) is 0 Å². The van der Waals surface area contributed by atoms with Gasteiger partial charge in [-0.3, -0.25) is 0 Å². The summed E-state index contributed by atoms with van der Waals surface area (Å²) in [6, 6.07) is 1.88. The molecule has 10 heavy (non-hydrogen) atoms. The number of aromatic nitrogens is 2. The van der Waals surface area contributed by atoms with Crippen LogP contribution in [0.2, 0.25) is 0 Å². The topological polar surface area (TPSA) is 37.8 Å². The number of hydrogen-bond acceptors (Lipinski definition) is 3. The molecular formula is C7H11N3. The summed E-state index contributed by atoms with van der Waals surface area (Å²) in [4.78, 5) is 8.15. The third-order valence-electron chi connectivity index (χ3n) is 1.13. The van der Waals surface area contributed by atoms with Crippen molar-refractivity contribution in [1.29, 1.82) is 0 Å². The predicted octanol–water partition coefficient (Wildman–Crippen LogP) is 1.22. The van der Waals surface area contributed by atoms with Gasteiger partial charge in [0.25, 0.3) is 0 Å². The Labute approximate surface area is 60.5 Å². The van der Waals surface area contributed by atoms with E-state index in [9.17, 15) is 0 Å². The van der Waals surface area contributed by atoms with Crippen molar-refractivity contribution in [1.82, 2.24) is 9.97 Å². The van der Waals surface area contributed by atoms with Crippen molar-refractivity contribution in [3.05, 3.63) is 18.0 Å². The SMILES string of the molecule is CCNc1nccc(C)n1. The van der Waals surface area contributed by atoms with Crippen LogP contribution < -0.4 is 5.32 Å². The first-order valence-corrected chi connectivity index (χ1v) is 3.36. The maximum Gasteiger partial charge on any atom is 0.222 e. The Morgan fingerprint density at radius 3 is 3.00 bits per heavy atom. The molecule has 1 aromatic heterocycles. The first-order valence-electron chi connectivity index (χ1n) is 3.36. The molecule has 0 atom stereocenters. The van der Waals surface area contributed by atoms with Gasteiger partial charge in [0.05, 0.1) is 0 Å². The van der Waals surface area contributed by atoms with Crippen LogP contribution in [0.4, 0.5) is 5.95 Å². The molecule has 1 aromatic rings. The molecule has 0 bridgehead atoms. The van der Waals surface area contributed by atoms with Crippen LogP contribution >= 0.6 is 0 Å². The van der Waals surface area contributed by atoms with Crippen LogP contribution in [0.1, 0.15) is 12.6 Å².